The second-order valence-corrected chi connectivity index (χ2v) is 7.24. The van der Waals surface area contributed by atoms with Crippen LogP contribution in [0.2, 0.25) is 0 Å². The Morgan fingerprint density at radius 2 is 1.46 bits per heavy atom. The van der Waals surface area contributed by atoms with Gasteiger partial charge in [-0.05, 0) is 30.0 Å². The molecule has 4 nitrogen and oxygen atoms in total. The average molecular weight is 388 g/mol. The van der Waals surface area contributed by atoms with Crippen molar-refractivity contribution in [2.45, 2.75) is 11.5 Å². The molecule has 0 bridgehead atoms. The Morgan fingerprint density at radius 3 is 2.14 bits per heavy atom. The first kappa shape index (κ1) is 18.2. The summed E-state index contributed by atoms with van der Waals surface area (Å²) in [6, 6.07) is 19.0. The lowest BCUT2D eigenvalue weighted by atomic mass is 9.82. The van der Waals surface area contributed by atoms with Crippen molar-refractivity contribution in [3.8, 4) is 0 Å². The Hall–Kier alpha value is -3.18. The fourth-order valence-corrected chi connectivity index (χ4v) is 3.67. The van der Waals surface area contributed by atoms with Crippen molar-refractivity contribution in [3.05, 3.63) is 100 Å². The predicted octanol–water partition coefficient (Wildman–Crippen LogP) is 4.54. The molecule has 1 aliphatic rings. The lowest BCUT2D eigenvalue weighted by Crippen LogP contribution is -2.24. The zero-order valence-electron chi connectivity index (χ0n) is 15.1. The number of ketones is 2. The van der Waals surface area contributed by atoms with Gasteiger partial charge in [0.15, 0.2) is 11.6 Å². The normalized spacial score (nSPS) is 12.3. The lowest BCUT2D eigenvalue weighted by Gasteiger charge is -2.19. The van der Waals surface area contributed by atoms with E-state index in [1.165, 1.54) is 6.07 Å². The molecule has 0 fully saturated rings. The number of carbonyl (C=O) groups excluding carboxylic acids is 3. The number of hydrogen-bond acceptors (Lipinski definition) is 5. The first-order chi connectivity index (χ1) is 13.6. The van der Waals surface area contributed by atoms with Gasteiger partial charge in [-0.1, -0.05) is 48.5 Å². The maximum Gasteiger partial charge on any atom is 0.339 e. The van der Waals surface area contributed by atoms with Gasteiger partial charge >= 0.3 is 5.97 Å². The zero-order valence-corrected chi connectivity index (χ0v) is 15.9. The zero-order chi connectivity index (χ0) is 19.7. The van der Waals surface area contributed by atoms with E-state index in [-0.39, 0.29) is 34.9 Å². The Morgan fingerprint density at radius 1 is 0.821 bits per heavy atom. The van der Waals surface area contributed by atoms with Crippen LogP contribution in [0.3, 0.4) is 0 Å². The van der Waals surface area contributed by atoms with Crippen LogP contribution in [0.4, 0.5) is 0 Å². The summed E-state index contributed by atoms with van der Waals surface area (Å²) in [7, 11) is 0. The lowest BCUT2D eigenvalue weighted by molar-refractivity contribution is 0.0470. The molecule has 0 spiro atoms. The van der Waals surface area contributed by atoms with Gasteiger partial charge in [-0.2, -0.15) is 0 Å². The largest absolute Gasteiger partial charge is 0.457 e. The van der Waals surface area contributed by atoms with Crippen molar-refractivity contribution in [1.82, 2.24) is 0 Å². The van der Waals surface area contributed by atoms with Gasteiger partial charge in [0, 0.05) is 27.1 Å². The van der Waals surface area contributed by atoms with E-state index in [1.54, 1.807) is 48.2 Å². The summed E-state index contributed by atoms with van der Waals surface area (Å²) in [6.07, 6.45) is 1.99. The maximum absolute atomic E-state index is 13.0. The van der Waals surface area contributed by atoms with Gasteiger partial charge in [0.2, 0.25) is 0 Å². The van der Waals surface area contributed by atoms with E-state index in [0.29, 0.717) is 11.1 Å². The Labute approximate surface area is 166 Å². The van der Waals surface area contributed by atoms with Crippen LogP contribution in [0.1, 0.15) is 47.8 Å². The highest BCUT2D eigenvalue weighted by molar-refractivity contribution is 7.98. The quantitative estimate of drug-likeness (QED) is 0.379. The molecule has 0 saturated heterocycles. The summed E-state index contributed by atoms with van der Waals surface area (Å²) in [6.45, 7) is 0.0931. The summed E-state index contributed by atoms with van der Waals surface area (Å²) in [5, 5.41) is 0. The molecule has 0 aliphatic heterocycles. The topological polar surface area (TPSA) is 60.4 Å². The van der Waals surface area contributed by atoms with Crippen LogP contribution in [0.25, 0.3) is 0 Å². The van der Waals surface area contributed by atoms with Gasteiger partial charge in [0.05, 0.1) is 5.56 Å². The predicted molar refractivity (Wildman–Crippen MR) is 107 cm³/mol. The molecule has 4 rings (SSSR count). The molecule has 0 radical (unpaired) electrons. The van der Waals surface area contributed by atoms with Gasteiger partial charge in [0.1, 0.15) is 6.61 Å². The molecular weight excluding hydrogens is 372 g/mol. The average Bonchev–Trinajstić information content (AvgIpc) is 2.75. The van der Waals surface area contributed by atoms with Crippen LogP contribution in [0.15, 0.2) is 71.6 Å². The Balaban J connectivity index is 1.63. The van der Waals surface area contributed by atoms with E-state index < -0.39 is 5.97 Å². The van der Waals surface area contributed by atoms with Crippen LogP contribution >= 0.6 is 11.8 Å². The van der Waals surface area contributed by atoms with Crippen molar-refractivity contribution in [1.29, 1.82) is 0 Å². The molecular formula is C23H16O4S. The van der Waals surface area contributed by atoms with Crippen molar-refractivity contribution in [3.63, 3.8) is 0 Å². The molecule has 1 aliphatic carbocycles. The van der Waals surface area contributed by atoms with Crippen molar-refractivity contribution in [2.24, 2.45) is 0 Å². The Bertz CT molecular complexity index is 1100. The van der Waals surface area contributed by atoms with Crippen LogP contribution in [-0.2, 0) is 11.3 Å². The molecule has 28 heavy (non-hydrogen) atoms. The first-order valence-electron chi connectivity index (χ1n) is 8.71. The molecule has 0 heterocycles. The molecule has 138 valence electrons. The molecule has 0 amide bonds. The monoisotopic (exact) mass is 388 g/mol. The summed E-state index contributed by atoms with van der Waals surface area (Å²) in [5.41, 5.74) is 2.00. The summed E-state index contributed by atoms with van der Waals surface area (Å²) >= 11 is 1.63. The number of carbonyl (C=O) groups is 3. The minimum atomic E-state index is -0.619. The number of ether oxygens (including phenoxy) is 1. The van der Waals surface area contributed by atoms with Gasteiger partial charge in [-0.15, -0.1) is 11.8 Å². The number of fused-ring (bicyclic) bond motifs is 2. The van der Waals surface area contributed by atoms with Crippen molar-refractivity contribution >= 4 is 29.3 Å². The number of rotatable bonds is 4. The summed E-state index contributed by atoms with van der Waals surface area (Å²) in [5.74, 6) is -1.21. The van der Waals surface area contributed by atoms with Gasteiger partial charge < -0.3 is 4.74 Å². The van der Waals surface area contributed by atoms with Crippen LogP contribution < -0.4 is 0 Å². The highest BCUT2D eigenvalue weighted by Crippen LogP contribution is 2.30. The minimum Gasteiger partial charge on any atom is -0.457 e. The van der Waals surface area contributed by atoms with E-state index in [2.05, 4.69) is 0 Å². The molecule has 3 aromatic rings. The third-order valence-electron chi connectivity index (χ3n) is 4.70. The van der Waals surface area contributed by atoms with Crippen LogP contribution in [0.5, 0.6) is 0 Å². The second kappa shape index (κ2) is 7.44. The van der Waals surface area contributed by atoms with Crippen LogP contribution in [-0.4, -0.2) is 23.8 Å². The van der Waals surface area contributed by atoms with E-state index in [1.807, 2.05) is 30.5 Å². The molecule has 3 aromatic carbocycles. The molecule has 5 heteroatoms. The first-order valence-corrected chi connectivity index (χ1v) is 9.94. The molecule has 0 atom stereocenters. The number of benzene rings is 3. The minimum absolute atomic E-state index is 0.0931. The fourth-order valence-electron chi connectivity index (χ4n) is 3.26. The van der Waals surface area contributed by atoms with Crippen molar-refractivity contribution in [2.75, 3.05) is 6.26 Å². The van der Waals surface area contributed by atoms with Gasteiger partial charge in [-0.3, -0.25) is 9.59 Å². The summed E-state index contributed by atoms with van der Waals surface area (Å²) in [4.78, 5) is 39.5. The van der Waals surface area contributed by atoms with E-state index in [0.717, 1.165) is 10.5 Å². The number of thioether (sulfide) groups is 1. The second-order valence-electron chi connectivity index (χ2n) is 6.36. The highest BCUT2D eigenvalue weighted by atomic mass is 32.2. The number of esters is 1. The van der Waals surface area contributed by atoms with E-state index in [9.17, 15) is 14.4 Å². The third-order valence-corrected chi connectivity index (χ3v) is 5.44. The van der Waals surface area contributed by atoms with Gasteiger partial charge in [0.25, 0.3) is 0 Å². The molecule has 0 aromatic heterocycles. The fraction of sp³-hybridized carbons (Fsp3) is 0.0870. The third kappa shape index (κ3) is 3.14. The smallest absolute Gasteiger partial charge is 0.339 e. The van der Waals surface area contributed by atoms with E-state index in [4.69, 9.17) is 4.74 Å². The Kier molecular flexibility index (Phi) is 4.84. The SMILES string of the molecule is CSc1ccc(COC(=O)c2cccc3c2C(=O)c2ccccc2C3=O)cc1. The summed E-state index contributed by atoms with van der Waals surface area (Å²) < 4.78 is 5.42. The molecule has 0 N–H and O–H groups in total. The highest BCUT2D eigenvalue weighted by Gasteiger charge is 2.33. The standard InChI is InChI=1S/C23H16O4S/c1-28-15-11-9-14(10-12-15)13-27-23(26)19-8-4-7-18-20(19)22(25)17-6-3-2-5-16(17)21(18)24/h2-12H,13H2,1H3. The number of hydrogen-bond donors (Lipinski definition) is 0. The van der Waals surface area contributed by atoms with Gasteiger partial charge in [-0.25, -0.2) is 4.79 Å². The maximum atomic E-state index is 13.0. The molecule has 0 saturated carbocycles. The van der Waals surface area contributed by atoms with Crippen molar-refractivity contribution < 1.29 is 19.1 Å². The van der Waals surface area contributed by atoms with E-state index >= 15 is 0 Å². The molecule has 0 unspecified atom stereocenters. The van der Waals surface area contributed by atoms with Crippen LogP contribution in [0, 0.1) is 0 Å².